The molecule has 3 N–H and O–H groups in total. The van der Waals surface area contributed by atoms with E-state index in [0.717, 1.165) is 20.9 Å². The van der Waals surface area contributed by atoms with E-state index in [1.165, 1.54) is 11.3 Å². The molecule has 0 aliphatic carbocycles. The van der Waals surface area contributed by atoms with E-state index < -0.39 is 21.2 Å². The Morgan fingerprint density at radius 2 is 1.67 bits per heavy atom. The lowest BCUT2D eigenvalue weighted by Gasteiger charge is -2.20. The number of carbonyl (C=O) groups is 1. The maximum absolute atomic E-state index is 13.1. The van der Waals surface area contributed by atoms with Gasteiger partial charge < -0.3 is 5.73 Å². The number of sulfonamides is 1. The zero-order valence-electron chi connectivity index (χ0n) is 17.0. The van der Waals surface area contributed by atoms with Gasteiger partial charge in [0.2, 0.25) is 15.9 Å². The first-order valence-electron chi connectivity index (χ1n) is 9.78. The molecule has 3 rings (SSSR count). The van der Waals surface area contributed by atoms with Gasteiger partial charge >= 0.3 is 0 Å². The number of carbonyl (C=O) groups excluding carboxylic acids is 1. The lowest BCUT2D eigenvalue weighted by molar-refractivity contribution is 0.100. The summed E-state index contributed by atoms with van der Waals surface area (Å²) in [7, 11) is -3.53. The Morgan fingerprint density at radius 1 is 1.00 bits per heavy atom. The molecule has 30 heavy (non-hydrogen) atoms. The van der Waals surface area contributed by atoms with Crippen molar-refractivity contribution < 1.29 is 13.2 Å². The fraction of sp³-hybridized carbons (Fsp3) is 0.261. The van der Waals surface area contributed by atoms with Crippen molar-refractivity contribution in [1.29, 1.82) is 0 Å². The van der Waals surface area contributed by atoms with Crippen molar-refractivity contribution in [3.05, 3.63) is 82.7 Å². The van der Waals surface area contributed by atoms with Crippen LogP contribution in [0.5, 0.6) is 0 Å². The average molecular weight is 443 g/mol. The Morgan fingerprint density at radius 3 is 2.27 bits per heavy atom. The summed E-state index contributed by atoms with van der Waals surface area (Å²) in [5, 5.41) is -0.584. The minimum Gasteiger partial charge on any atom is -0.366 e. The van der Waals surface area contributed by atoms with Crippen LogP contribution in [-0.4, -0.2) is 14.3 Å². The summed E-state index contributed by atoms with van der Waals surface area (Å²) in [6.07, 6.45) is 0.557. The third-order valence-corrected chi connectivity index (χ3v) is 7.69. The molecule has 1 heterocycles. The lowest BCUT2D eigenvalue weighted by Crippen LogP contribution is -2.29. The smallest absolute Gasteiger partial charge is 0.248 e. The number of nitrogens with one attached hydrogen (secondary N) is 1. The summed E-state index contributed by atoms with van der Waals surface area (Å²) in [4.78, 5) is 13.1. The summed E-state index contributed by atoms with van der Waals surface area (Å²) < 4.78 is 28.9. The number of hydrogen-bond acceptors (Lipinski definition) is 4. The van der Waals surface area contributed by atoms with Crippen molar-refractivity contribution in [2.24, 2.45) is 11.7 Å². The molecule has 5 nitrogen and oxygen atoms in total. The van der Waals surface area contributed by atoms with Crippen molar-refractivity contribution in [3.8, 4) is 10.4 Å². The minimum atomic E-state index is -3.53. The summed E-state index contributed by atoms with van der Waals surface area (Å²) in [6.45, 7) is 4.30. The fourth-order valence-corrected chi connectivity index (χ4v) is 5.99. The number of amides is 1. The molecule has 0 radical (unpaired) electrons. The van der Waals surface area contributed by atoms with Crippen LogP contribution in [0.1, 0.15) is 46.3 Å². The molecular weight excluding hydrogens is 416 g/mol. The molecule has 158 valence electrons. The van der Waals surface area contributed by atoms with Gasteiger partial charge in [-0.2, -0.15) is 0 Å². The summed E-state index contributed by atoms with van der Waals surface area (Å²) in [6, 6.07) is 20.3. The normalized spacial score (nSPS) is 12.8. The minimum absolute atomic E-state index is 0.244. The third-order valence-electron chi connectivity index (χ3n) is 4.79. The number of hydrogen-bond donors (Lipinski definition) is 2. The number of rotatable bonds is 9. The molecule has 1 atom stereocenters. The zero-order chi connectivity index (χ0) is 21.7. The monoisotopic (exact) mass is 442 g/mol. The quantitative estimate of drug-likeness (QED) is 0.502. The van der Waals surface area contributed by atoms with E-state index in [2.05, 4.69) is 4.72 Å². The predicted octanol–water partition coefficient (Wildman–Crippen LogP) is 4.72. The van der Waals surface area contributed by atoms with E-state index in [1.807, 2.05) is 68.4 Å². The molecule has 0 saturated carbocycles. The number of nitrogens with two attached hydrogens (primary N) is 1. The van der Waals surface area contributed by atoms with Crippen LogP contribution in [0.15, 0.2) is 66.7 Å². The molecule has 1 unspecified atom stereocenters. The van der Waals surface area contributed by atoms with Gasteiger partial charge in [-0.05, 0) is 47.7 Å². The summed E-state index contributed by atoms with van der Waals surface area (Å²) in [5.41, 5.74) is 7.51. The van der Waals surface area contributed by atoms with Crippen LogP contribution < -0.4 is 10.5 Å². The second-order valence-electron chi connectivity index (χ2n) is 7.60. The third kappa shape index (κ3) is 5.56. The van der Waals surface area contributed by atoms with Crippen LogP contribution in [0.3, 0.4) is 0 Å². The topological polar surface area (TPSA) is 89.3 Å². The average Bonchev–Trinajstić information content (AvgIpc) is 3.20. The van der Waals surface area contributed by atoms with Crippen molar-refractivity contribution in [1.82, 2.24) is 4.72 Å². The molecule has 1 amide bonds. The Bertz CT molecular complexity index is 1090. The van der Waals surface area contributed by atoms with Crippen molar-refractivity contribution in [2.45, 2.75) is 32.1 Å². The summed E-state index contributed by atoms with van der Waals surface area (Å²) in [5.74, 6) is -0.208. The van der Waals surface area contributed by atoms with Crippen LogP contribution in [-0.2, 0) is 16.6 Å². The second-order valence-corrected chi connectivity index (χ2v) is 10.7. The van der Waals surface area contributed by atoms with E-state index in [1.54, 1.807) is 12.1 Å². The van der Waals surface area contributed by atoms with Gasteiger partial charge in [0.25, 0.3) is 0 Å². The van der Waals surface area contributed by atoms with Crippen LogP contribution in [0.2, 0.25) is 0 Å². The molecule has 0 aliphatic heterocycles. The highest BCUT2D eigenvalue weighted by Gasteiger charge is 2.27. The Labute approximate surface area is 182 Å². The Balaban J connectivity index is 1.73. The van der Waals surface area contributed by atoms with Crippen molar-refractivity contribution in [3.63, 3.8) is 0 Å². The number of benzene rings is 2. The van der Waals surface area contributed by atoms with Crippen LogP contribution in [0, 0.1) is 5.92 Å². The van der Waals surface area contributed by atoms with E-state index in [0.29, 0.717) is 12.0 Å². The molecule has 3 aromatic rings. The number of thiophene rings is 1. The Hall–Kier alpha value is -2.48. The largest absolute Gasteiger partial charge is 0.366 e. The van der Waals surface area contributed by atoms with Gasteiger partial charge in [0, 0.05) is 21.9 Å². The first kappa shape index (κ1) is 22.2. The highest BCUT2D eigenvalue weighted by Crippen LogP contribution is 2.31. The molecule has 2 aromatic carbocycles. The first-order chi connectivity index (χ1) is 14.3. The molecule has 1 aromatic heterocycles. The molecule has 0 fully saturated rings. The van der Waals surface area contributed by atoms with E-state index in [4.69, 9.17) is 5.73 Å². The maximum atomic E-state index is 13.1. The molecule has 0 spiro atoms. The van der Waals surface area contributed by atoms with Gasteiger partial charge in [0.15, 0.2) is 0 Å². The second kappa shape index (κ2) is 9.55. The van der Waals surface area contributed by atoms with Crippen LogP contribution in [0.25, 0.3) is 10.4 Å². The fourth-order valence-electron chi connectivity index (χ4n) is 3.24. The van der Waals surface area contributed by atoms with E-state index >= 15 is 0 Å². The van der Waals surface area contributed by atoms with Crippen molar-refractivity contribution >= 4 is 27.3 Å². The predicted molar refractivity (Wildman–Crippen MR) is 123 cm³/mol. The van der Waals surface area contributed by atoms with Crippen LogP contribution in [0.4, 0.5) is 0 Å². The van der Waals surface area contributed by atoms with E-state index in [9.17, 15) is 13.2 Å². The van der Waals surface area contributed by atoms with Crippen LogP contribution >= 0.6 is 11.3 Å². The Kier molecular flexibility index (Phi) is 7.07. The molecule has 0 saturated heterocycles. The summed E-state index contributed by atoms with van der Waals surface area (Å²) >= 11 is 1.52. The van der Waals surface area contributed by atoms with Gasteiger partial charge in [-0.3, -0.25) is 4.79 Å². The first-order valence-corrected chi connectivity index (χ1v) is 12.1. The highest BCUT2D eigenvalue weighted by molar-refractivity contribution is 7.89. The van der Waals surface area contributed by atoms with Gasteiger partial charge in [-0.15, -0.1) is 11.3 Å². The molecule has 7 heteroatoms. The zero-order valence-corrected chi connectivity index (χ0v) is 18.7. The van der Waals surface area contributed by atoms with Crippen molar-refractivity contribution in [2.75, 3.05) is 0 Å². The van der Waals surface area contributed by atoms with Gasteiger partial charge in [-0.1, -0.05) is 56.3 Å². The SMILES string of the molecule is CC(C)CC(c1ccccc1)S(=O)(=O)NCc1ccc(-c2ccc(C(N)=O)cc2)s1. The number of primary amides is 1. The highest BCUT2D eigenvalue weighted by atomic mass is 32.2. The molecular formula is C23H26N2O3S2. The molecule has 0 aliphatic rings. The van der Waals surface area contributed by atoms with Gasteiger partial charge in [0.05, 0.1) is 0 Å². The van der Waals surface area contributed by atoms with E-state index in [-0.39, 0.29) is 12.5 Å². The van der Waals surface area contributed by atoms with Gasteiger partial charge in [0.1, 0.15) is 5.25 Å². The standard InChI is InChI=1S/C23H26N2O3S2/c1-16(2)14-22(18-6-4-3-5-7-18)30(27,28)25-15-20-12-13-21(29-20)17-8-10-19(11-9-17)23(24)26/h3-13,16,22,25H,14-15H2,1-2H3,(H2,24,26). The van der Waals surface area contributed by atoms with Gasteiger partial charge in [-0.25, -0.2) is 13.1 Å². The lowest BCUT2D eigenvalue weighted by atomic mass is 10.0. The maximum Gasteiger partial charge on any atom is 0.248 e. The molecule has 0 bridgehead atoms.